The quantitative estimate of drug-likeness (QED) is 0.760. The number of rotatable bonds is 2. The van der Waals surface area contributed by atoms with Gasteiger partial charge in [0.25, 0.3) is 0 Å². The van der Waals surface area contributed by atoms with E-state index in [4.69, 9.17) is 5.11 Å². The topological polar surface area (TPSA) is 37.3 Å². The Hall–Kier alpha value is -1.67. The third kappa shape index (κ3) is 1.90. The van der Waals surface area contributed by atoms with E-state index in [-0.39, 0.29) is 14.0 Å². The Bertz CT molecular complexity index is 475. The molecule has 0 atom stereocenters. The van der Waals surface area contributed by atoms with Crippen LogP contribution in [0.4, 0.5) is 0 Å². The molecule has 0 aliphatic heterocycles. The van der Waals surface area contributed by atoms with E-state index in [0.717, 1.165) is 22.6 Å². The fraction of sp³-hybridized carbons (Fsp3) is 0.154. The van der Waals surface area contributed by atoms with Gasteiger partial charge in [0.15, 0.2) is 6.29 Å². The molecule has 0 aromatic heterocycles. The molecule has 0 heterocycles. The molecule has 2 aromatic carbocycles. The maximum atomic E-state index is 10.8. The minimum Gasteiger partial charge on any atom is -0.392 e. The Kier molecular flexibility index (Phi) is 3.58. The van der Waals surface area contributed by atoms with Crippen LogP contribution in [0.3, 0.4) is 0 Å². The monoisotopic (exact) mass is 202 g/mol. The molecule has 15 heavy (non-hydrogen) atoms. The molecule has 78 valence electrons. The first-order valence-corrected chi connectivity index (χ1v) is 4.43. The lowest BCUT2D eigenvalue weighted by atomic mass is 10.0. The smallest absolute Gasteiger partial charge is 0.150 e. The molecule has 0 aliphatic carbocycles. The Labute approximate surface area is 89.2 Å². The van der Waals surface area contributed by atoms with Crippen molar-refractivity contribution in [2.75, 3.05) is 0 Å². The van der Waals surface area contributed by atoms with Gasteiger partial charge in [-0.05, 0) is 16.3 Å². The van der Waals surface area contributed by atoms with Gasteiger partial charge < -0.3 is 5.11 Å². The number of carbonyl (C=O) groups excluding carboxylic acids is 1. The van der Waals surface area contributed by atoms with Crippen LogP contribution in [-0.2, 0) is 6.61 Å². The highest BCUT2D eigenvalue weighted by Gasteiger charge is 2.03. The number of fused-ring (bicyclic) bond motifs is 1. The standard InChI is InChI=1S/C12H10O2.CH4/c13-7-9-5-6-10(8-14)12-4-2-1-3-11(9)12;/h1-7,14H,8H2;1H4. The summed E-state index contributed by atoms with van der Waals surface area (Å²) in [5, 5.41) is 11.0. The highest BCUT2D eigenvalue weighted by Crippen LogP contribution is 2.21. The summed E-state index contributed by atoms with van der Waals surface area (Å²) in [6.07, 6.45) is 0.837. The molecule has 1 N–H and O–H groups in total. The van der Waals surface area contributed by atoms with E-state index >= 15 is 0 Å². The second kappa shape index (κ2) is 4.71. The van der Waals surface area contributed by atoms with E-state index in [9.17, 15) is 4.79 Å². The van der Waals surface area contributed by atoms with Crippen LogP contribution >= 0.6 is 0 Å². The largest absolute Gasteiger partial charge is 0.392 e. The lowest BCUT2D eigenvalue weighted by Crippen LogP contribution is -1.89. The predicted octanol–water partition coefficient (Wildman–Crippen LogP) is 2.78. The van der Waals surface area contributed by atoms with Gasteiger partial charge in [-0.3, -0.25) is 4.79 Å². The molecule has 0 aliphatic rings. The summed E-state index contributed by atoms with van der Waals surface area (Å²) in [6.45, 7) is -0.000347. The van der Waals surface area contributed by atoms with Gasteiger partial charge in [0.05, 0.1) is 6.61 Å². The third-order valence-corrected chi connectivity index (χ3v) is 2.35. The van der Waals surface area contributed by atoms with E-state index in [1.54, 1.807) is 12.1 Å². The lowest BCUT2D eigenvalue weighted by molar-refractivity contribution is 0.112. The molecule has 0 spiro atoms. The highest BCUT2D eigenvalue weighted by atomic mass is 16.3. The number of hydrogen-bond acceptors (Lipinski definition) is 2. The Morgan fingerprint density at radius 2 is 1.73 bits per heavy atom. The van der Waals surface area contributed by atoms with Gasteiger partial charge in [-0.2, -0.15) is 0 Å². The number of aliphatic hydroxyl groups is 1. The minimum absolute atomic E-state index is 0. The second-order valence-electron chi connectivity index (χ2n) is 3.14. The first-order chi connectivity index (χ1) is 6.86. The number of hydrogen-bond donors (Lipinski definition) is 1. The van der Waals surface area contributed by atoms with Crippen LogP contribution in [0, 0.1) is 0 Å². The molecule has 0 bridgehead atoms. The zero-order valence-electron chi connectivity index (χ0n) is 7.60. The van der Waals surface area contributed by atoms with Crippen LogP contribution in [0.15, 0.2) is 36.4 Å². The second-order valence-corrected chi connectivity index (χ2v) is 3.14. The van der Waals surface area contributed by atoms with Gasteiger partial charge in [0.2, 0.25) is 0 Å². The van der Waals surface area contributed by atoms with E-state index in [1.165, 1.54) is 0 Å². The van der Waals surface area contributed by atoms with Crippen LogP contribution in [0.1, 0.15) is 23.3 Å². The maximum Gasteiger partial charge on any atom is 0.150 e. The van der Waals surface area contributed by atoms with E-state index in [2.05, 4.69) is 0 Å². The van der Waals surface area contributed by atoms with Gasteiger partial charge >= 0.3 is 0 Å². The molecule has 2 heteroatoms. The average molecular weight is 202 g/mol. The third-order valence-electron chi connectivity index (χ3n) is 2.35. The van der Waals surface area contributed by atoms with Gasteiger partial charge in [-0.15, -0.1) is 0 Å². The Balaban J connectivity index is 0.00000112. The zero-order valence-corrected chi connectivity index (χ0v) is 7.60. The zero-order chi connectivity index (χ0) is 9.97. The lowest BCUT2D eigenvalue weighted by Gasteiger charge is -2.05. The molecular formula is C13H14O2. The van der Waals surface area contributed by atoms with Crippen molar-refractivity contribution in [1.29, 1.82) is 0 Å². The molecule has 0 amide bonds. The van der Waals surface area contributed by atoms with Gasteiger partial charge in [-0.25, -0.2) is 0 Å². The molecule has 0 radical (unpaired) electrons. The van der Waals surface area contributed by atoms with Crippen LogP contribution < -0.4 is 0 Å². The molecule has 0 fully saturated rings. The van der Waals surface area contributed by atoms with Crippen molar-refractivity contribution in [3.8, 4) is 0 Å². The van der Waals surface area contributed by atoms with Crippen molar-refractivity contribution >= 4 is 17.1 Å². The molecule has 2 rings (SSSR count). The predicted molar refractivity (Wildman–Crippen MR) is 62.0 cm³/mol. The van der Waals surface area contributed by atoms with Crippen molar-refractivity contribution in [2.45, 2.75) is 14.0 Å². The van der Waals surface area contributed by atoms with Crippen molar-refractivity contribution in [3.05, 3.63) is 47.5 Å². The van der Waals surface area contributed by atoms with Crippen molar-refractivity contribution in [2.24, 2.45) is 0 Å². The molecule has 2 aromatic rings. The summed E-state index contributed by atoms with van der Waals surface area (Å²) >= 11 is 0. The Morgan fingerprint density at radius 1 is 1.07 bits per heavy atom. The van der Waals surface area contributed by atoms with Crippen LogP contribution in [0.5, 0.6) is 0 Å². The highest BCUT2D eigenvalue weighted by molar-refractivity contribution is 5.99. The van der Waals surface area contributed by atoms with Crippen LogP contribution in [0.2, 0.25) is 0 Å². The van der Waals surface area contributed by atoms with E-state index < -0.39 is 0 Å². The summed E-state index contributed by atoms with van der Waals surface area (Å²) < 4.78 is 0. The molecular weight excluding hydrogens is 188 g/mol. The summed E-state index contributed by atoms with van der Waals surface area (Å²) in [6, 6.07) is 11.1. The Morgan fingerprint density at radius 3 is 2.33 bits per heavy atom. The summed E-state index contributed by atoms with van der Waals surface area (Å²) in [5.41, 5.74) is 1.52. The fourth-order valence-electron chi connectivity index (χ4n) is 1.63. The fourth-order valence-corrected chi connectivity index (χ4v) is 1.63. The van der Waals surface area contributed by atoms with Gasteiger partial charge in [-0.1, -0.05) is 43.8 Å². The van der Waals surface area contributed by atoms with Crippen molar-refractivity contribution in [1.82, 2.24) is 0 Å². The van der Waals surface area contributed by atoms with Crippen molar-refractivity contribution in [3.63, 3.8) is 0 Å². The number of aldehydes is 1. The molecule has 2 nitrogen and oxygen atoms in total. The first-order valence-electron chi connectivity index (χ1n) is 4.43. The van der Waals surface area contributed by atoms with Crippen molar-refractivity contribution < 1.29 is 9.90 Å². The van der Waals surface area contributed by atoms with Gasteiger partial charge in [0.1, 0.15) is 0 Å². The maximum absolute atomic E-state index is 10.8. The van der Waals surface area contributed by atoms with Crippen LogP contribution in [-0.4, -0.2) is 11.4 Å². The van der Waals surface area contributed by atoms with E-state index in [0.29, 0.717) is 5.56 Å². The first kappa shape index (κ1) is 11.4. The number of aliphatic hydroxyl groups excluding tert-OH is 1. The molecule has 0 saturated heterocycles. The van der Waals surface area contributed by atoms with Crippen LogP contribution in [0.25, 0.3) is 10.8 Å². The average Bonchev–Trinajstić information content (AvgIpc) is 2.27. The van der Waals surface area contributed by atoms with E-state index in [1.807, 2.05) is 24.3 Å². The summed E-state index contributed by atoms with van der Waals surface area (Å²) in [5.74, 6) is 0. The molecule has 0 unspecified atom stereocenters. The molecule has 0 saturated carbocycles. The van der Waals surface area contributed by atoms with Gasteiger partial charge in [0, 0.05) is 5.56 Å². The number of carbonyl (C=O) groups is 1. The summed E-state index contributed by atoms with van der Waals surface area (Å²) in [7, 11) is 0. The summed E-state index contributed by atoms with van der Waals surface area (Å²) in [4.78, 5) is 10.8. The number of benzene rings is 2. The normalized spacial score (nSPS) is 9.67. The SMILES string of the molecule is C.O=Cc1ccc(CO)c2ccccc12. The minimum atomic E-state index is -0.000347.